The van der Waals surface area contributed by atoms with Gasteiger partial charge in [0.15, 0.2) is 0 Å². The summed E-state index contributed by atoms with van der Waals surface area (Å²) in [5.41, 5.74) is 1.26. The maximum atomic E-state index is 12.4. The van der Waals surface area contributed by atoms with E-state index in [9.17, 15) is 4.79 Å². The Kier molecular flexibility index (Phi) is 7.17. The standard InChI is InChI=1S/C17H25ClN2O.ClH/c1-17(2,3)10-15(12-4-6-14(18)7-5-12)20-16(21)13-8-9-19-11-13;/h4-7,13,15,19H,8-11H2,1-3H3,(H,20,21);1H. The van der Waals surface area contributed by atoms with Crippen LogP contribution in [0.25, 0.3) is 0 Å². The van der Waals surface area contributed by atoms with Crippen LogP contribution in [-0.2, 0) is 4.79 Å². The minimum Gasteiger partial charge on any atom is -0.349 e. The number of hydrogen-bond donors (Lipinski definition) is 2. The zero-order chi connectivity index (χ0) is 15.5. The summed E-state index contributed by atoms with van der Waals surface area (Å²) in [6, 6.07) is 7.82. The van der Waals surface area contributed by atoms with Crippen molar-refractivity contribution in [1.29, 1.82) is 0 Å². The van der Waals surface area contributed by atoms with E-state index in [1.807, 2.05) is 24.3 Å². The van der Waals surface area contributed by atoms with Crippen LogP contribution in [0.5, 0.6) is 0 Å². The van der Waals surface area contributed by atoms with Gasteiger partial charge < -0.3 is 10.6 Å². The molecule has 2 unspecified atom stereocenters. The lowest BCUT2D eigenvalue weighted by molar-refractivity contribution is -0.125. The smallest absolute Gasteiger partial charge is 0.224 e. The maximum absolute atomic E-state index is 12.4. The van der Waals surface area contributed by atoms with E-state index in [4.69, 9.17) is 11.6 Å². The van der Waals surface area contributed by atoms with Crippen LogP contribution in [0.3, 0.4) is 0 Å². The topological polar surface area (TPSA) is 41.1 Å². The average Bonchev–Trinajstić information content (AvgIpc) is 2.91. The first kappa shape index (κ1) is 19.3. The van der Waals surface area contributed by atoms with Crippen molar-refractivity contribution >= 4 is 29.9 Å². The lowest BCUT2D eigenvalue weighted by Crippen LogP contribution is -2.36. The molecular formula is C17H26Cl2N2O. The van der Waals surface area contributed by atoms with Gasteiger partial charge in [-0.2, -0.15) is 0 Å². The molecular weight excluding hydrogens is 319 g/mol. The van der Waals surface area contributed by atoms with Gasteiger partial charge in [-0.05, 0) is 42.5 Å². The van der Waals surface area contributed by atoms with Crippen LogP contribution >= 0.6 is 24.0 Å². The Hall–Kier alpha value is -0.770. The molecule has 1 aromatic carbocycles. The van der Waals surface area contributed by atoms with E-state index < -0.39 is 0 Å². The minimum absolute atomic E-state index is 0. The first-order chi connectivity index (χ1) is 9.85. The van der Waals surface area contributed by atoms with Crippen molar-refractivity contribution in [1.82, 2.24) is 10.6 Å². The molecule has 22 heavy (non-hydrogen) atoms. The number of amides is 1. The Balaban J connectivity index is 0.00000242. The normalized spacial score (nSPS) is 19.4. The summed E-state index contributed by atoms with van der Waals surface area (Å²) in [6.45, 7) is 8.30. The zero-order valence-corrected chi connectivity index (χ0v) is 15.1. The predicted molar refractivity (Wildman–Crippen MR) is 94.6 cm³/mol. The third kappa shape index (κ3) is 5.79. The molecule has 5 heteroatoms. The van der Waals surface area contributed by atoms with Crippen molar-refractivity contribution in [2.45, 2.75) is 39.7 Å². The molecule has 0 radical (unpaired) electrons. The highest BCUT2D eigenvalue weighted by Crippen LogP contribution is 2.30. The van der Waals surface area contributed by atoms with E-state index in [0.29, 0.717) is 0 Å². The van der Waals surface area contributed by atoms with Crippen LogP contribution in [0.15, 0.2) is 24.3 Å². The largest absolute Gasteiger partial charge is 0.349 e. The van der Waals surface area contributed by atoms with Crippen LogP contribution < -0.4 is 10.6 Å². The van der Waals surface area contributed by atoms with Crippen molar-refractivity contribution in [3.8, 4) is 0 Å². The van der Waals surface area contributed by atoms with Gasteiger partial charge in [-0.15, -0.1) is 12.4 Å². The molecule has 1 saturated heterocycles. The van der Waals surface area contributed by atoms with E-state index in [-0.39, 0.29) is 35.7 Å². The van der Waals surface area contributed by atoms with Gasteiger partial charge >= 0.3 is 0 Å². The Morgan fingerprint density at radius 3 is 2.50 bits per heavy atom. The molecule has 2 rings (SSSR count). The second-order valence-electron chi connectivity index (χ2n) is 7.07. The van der Waals surface area contributed by atoms with Crippen LogP contribution in [0.2, 0.25) is 5.02 Å². The summed E-state index contributed by atoms with van der Waals surface area (Å²) in [7, 11) is 0. The van der Waals surface area contributed by atoms with Crippen molar-refractivity contribution in [3.63, 3.8) is 0 Å². The molecule has 0 spiro atoms. The van der Waals surface area contributed by atoms with Crippen LogP contribution in [0.4, 0.5) is 0 Å². The molecule has 1 aliphatic heterocycles. The van der Waals surface area contributed by atoms with Crippen LogP contribution in [0, 0.1) is 11.3 Å². The van der Waals surface area contributed by atoms with Crippen molar-refractivity contribution in [3.05, 3.63) is 34.9 Å². The summed E-state index contributed by atoms with van der Waals surface area (Å²) in [6.07, 6.45) is 1.83. The maximum Gasteiger partial charge on any atom is 0.224 e. The lowest BCUT2D eigenvalue weighted by Gasteiger charge is -2.28. The van der Waals surface area contributed by atoms with Crippen LogP contribution in [-0.4, -0.2) is 19.0 Å². The first-order valence-electron chi connectivity index (χ1n) is 7.62. The Morgan fingerprint density at radius 2 is 2.00 bits per heavy atom. The van der Waals surface area contributed by atoms with Crippen molar-refractivity contribution in [2.75, 3.05) is 13.1 Å². The zero-order valence-electron chi connectivity index (χ0n) is 13.5. The summed E-state index contributed by atoms with van der Waals surface area (Å²) in [5, 5.41) is 7.19. The van der Waals surface area contributed by atoms with E-state index in [1.165, 1.54) is 0 Å². The molecule has 1 amide bonds. The fraction of sp³-hybridized carbons (Fsp3) is 0.588. The van der Waals surface area contributed by atoms with Crippen molar-refractivity contribution < 1.29 is 4.79 Å². The van der Waals surface area contributed by atoms with Gasteiger partial charge in [-0.3, -0.25) is 4.79 Å². The SMILES string of the molecule is CC(C)(C)CC(NC(=O)C1CCNC1)c1ccc(Cl)cc1.Cl. The van der Waals surface area contributed by atoms with Gasteiger partial charge in [0, 0.05) is 11.6 Å². The number of hydrogen-bond acceptors (Lipinski definition) is 2. The van der Waals surface area contributed by atoms with Gasteiger partial charge in [-0.25, -0.2) is 0 Å². The molecule has 3 nitrogen and oxygen atoms in total. The summed E-state index contributed by atoms with van der Waals surface area (Å²) >= 11 is 5.96. The van der Waals surface area contributed by atoms with Gasteiger partial charge in [0.25, 0.3) is 0 Å². The molecule has 1 aromatic rings. The van der Waals surface area contributed by atoms with E-state index in [0.717, 1.165) is 36.5 Å². The number of carbonyl (C=O) groups excluding carboxylic acids is 1. The lowest BCUT2D eigenvalue weighted by atomic mass is 9.85. The fourth-order valence-corrected chi connectivity index (χ4v) is 2.85. The number of halogens is 2. The number of nitrogens with one attached hydrogen (secondary N) is 2. The van der Waals surface area contributed by atoms with E-state index >= 15 is 0 Å². The average molecular weight is 345 g/mol. The molecule has 0 saturated carbocycles. The second-order valence-corrected chi connectivity index (χ2v) is 7.50. The van der Waals surface area contributed by atoms with Gasteiger partial charge in [0.05, 0.1) is 12.0 Å². The summed E-state index contributed by atoms with van der Waals surface area (Å²) in [5.74, 6) is 0.254. The van der Waals surface area contributed by atoms with Gasteiger partial charge in [-0.1, -0.05) is 44.5 Å². The molecule has 1 aliphatic rings. The molecule has 124 valence electrons. The van der Waals surface area contributed by atoms with E-state index in [1.54, 1.807) is 0 Å². The first-order valence-corrected chi connectivity index (χ1v) is 7.99. The third-order valence-corrected chi connectivity index (χ3v) is 4.09. The number of rotatable bonds is 4. The minimum atomic E-state index is 0. The predicted octanol–water partition coefficient (Wildman–Crippen LogP) is 3.96. The molecule has 0 aliphatic carbocycles. The molecule has 1 fully saturated rings. The van der Waals surface area contributed by atoms with Gasteiger partial charge in [0.1, 0.15) is 0 Å². The van der Waals surface area contributed by atoms with Crippen molar-refractivity contribution in [2.24, 2.45) is 11.3 Å². The molecule has 1 heterocycles. The molecule has 2 atom stereocenters. The quantitative estimate of drug-likeness (QED) is 0.867. The monoisotopic (exact) mass is 344 g/mol. The Morgan fingerprint density at radius 1 is 1.36 bits per heavy atom. The third-order valence-electron chi connectivity index (χ3n) is 3.84. The highest BCUT2D eigenvalue weighted by molar-refractivity contribution is 6.30. The van der Waals surface area contributed by atoms with E-state index in [2.05, 4.69) is 31.4 Å². The highest BCUT2D eigenvalue weighted by Gasteiger charge is 2.27. The molecule has 0 aromatic heterocycles. The van der Waals surface area contributed by atoms with Crippen LogP contribution in [0.1, 0.15) is 45.2 Å². The summed E-state index contributed by atoms with van der Waals surface area (Å²) in [4.78, 5) is 12.4. The second kappa shape index (κ2) is 8.19. The number of benzene rings is 1. The highest BCUT2D eigenvalue weighted by atomic mass is 35.5. The Labute approximate surface area is 144 Å². The van der Waals surface area contributed by atoms with Gasteiger partial charge in [0.2, 0.25) is 5.91 Å². The fourth-order valence-electron chi connectivity index (χ4n) is 2.73. The summed E-state index contributed by atoms with van der Waals surface area (Å²) < 4.78 is 0. The Bertz CT molecular complexity index is 476. The molecule has 2 N–H and O–H groups in total. The number of carbonyl (C=O) groups is 1. The molecule has 0 bridgehead atoms.